The summed E-state index contributed by atoms with van der Waals surface area (Å²) >= 11 is 0. The highest BCUT2D eigenvalue weighted by Gasteiger charge is 2.25. The van der Waals surface area contributed by atoms with Gasteiger partial charge >= 0.3 is 6.03 Å². The largest absolute Gasteiger partial charge is 0.388 e. The van der Waals surface area contributed by atoms with E-state index in [0.29, 0.717) is 5.69 Å². The summed E-state index contributed by atoms with van der Waals surface area (Å²) in [6.45, 7) is 5.71. The first-order valence-electron chi connectivity index (χ1n) is 5.59. The summed E-state index contributed by atoms with van der Waals surface area (Å²) in [5.74, 6) is 0.0705. The topological polar surface area (TPSA) is 74.2 Å². The van der Waals surface area contributed by atoms with Gasteiger partial charge in [0.25, 0.3) is 0 Å². The molecule has 5 nitrogen and oxygen atoms in total. The van der Waals surface area contributed by atoms with Crippen molar-refractivity contribution in [3.63, 3.8) is 0 Å². The lowest BCUT2D eigenvalue weighted by molar-refractivity contribution is 0.0170. The lowest BCUT2D eigenvalue weighted by atomic mass is 9.93. The number of nitrogens with zero attached hydrogens (tertiary/aromatic N) is 1. The van der Waals surface area contributed by atoms with E-state index in [-0.39, 0.29) is 18.5 Å². The molecule has 2 amide bonds. The SMILES string of the molecule is CC(C)[C@](C)(O)CNC(=O)Nc1cccnc1. The van der Waals surface area contributed by atoms with Gasteiger partial charge in [-0.3, -0.25) is 4.98 Å². The van der Waals surface area contributed by atoms with Gasteiger partial charge in [-0.1, -0.05) is 13.8 Å². The average Bonchev–Trinajstić information content (AvgIpc) is 2.28. The summed E-state index contributed by atoms with van der Waals surface area (Å²) in [6.07, 6.45) is 3.19. The summed E-state index contributed by atoms with van der Waals surface area (Å²) in [5, 5.41) is 15.2. The number of rotatable bonds is 4. The molecule has 94 valence electrons. The van der Waals surface area contributed by atoms with Gasteiger partial charge in [-0.05, 0) is 25.0 Å². The highest BCUT2D eigenvalue weighted by Crippen LogP contribution is 2.14. The van der Waals surface area contributed by atoms with Crippen molar-refractivity contribution >= 4 is 11.7 Å². The van der Waals surface area contributed by atoms with Crippen LogP contribution in [0.3, 0.4) is 0 Å². The highest BCUT2D eigenvalue weighted by molar-refractivity contribution is 5.88. The second-order valence-electron chi connectivity index (χ2n) is 4.56. The molecular weight excluding hydrogens is 218 g/mol. The van der Waals surface area contributed by atoms with E-state index < -0.39 is 5.60 Å². The molecule has 0 bridgehead atoms. The van der Waals surface area contributed by atoms with Gasteiger partial charge in [0.1, 0.15) is 0 Å². The van der Waals surface area contributed by atoms with E-state index in [4.69, 9.17) is 0 Å². The minimum Gasteiger partial charge on any atom is -0.388 e. The fraction of sp³-hybridized carbons (Fsp3) is 0.500. The second kappa shape index (κ2) is 5.63. The maximum atomic E-state index is 11.5. The fourth-order valence-corrected chi connectivity index (χ4v) is 1.08. The molecule has 0 radical (unpaired) electrons. The Kier molecular flexibility index (Phi) is 4.45. The molecule has 1 atom stereocenters. The average molecular weight is 237 g/mol. The maximum Gasteiger partial charge on any atom is 0.319 e. The Morgan fingerprint density at radius 3 is 2.82 bits per heavy atom. The van der Waals surface area contributed by atoms with E-state index in [0.717, 1.165) is 0 Å². The van der Waals surface area contributed by atoms with Crippen LogP contribution in [0.4, 0.5) is 10.5 Å². The van der Waals surface area contributed by atoms with E-state index >= 15 is 0 Å². The molecular formula is C12H19N3O2. The van der Waals surface area contributed by atoms with Gasteiger partial charge in [0.15, 0.2) is 0 Å². The van der Waals surface area contributed by atoms with Crippen LogP contribution in [0.1, 0.15) is 20.8 Å². The van der Waals surface area contributed by atoms with E-state index in [1.807, 2.05) is 13.8 Å². The molecule has 0 saturated carbocycles. The van der Waals surface area contributed by atoms with Crippen LogP contribution in [0.5, 0.6) is 0 Å². The number of hydrogen-bond donors (Lipinski definition) is 3. The number of carbonyl (C=O) groups is 1. The monoisotopic (exact) mass is 237 g/mol. The summed E-state index contributed by atoms with van der Waals surface area (Å²) < 4.78 is 0. The lowest BCUT2D eigenvalue weighted by Crippen LogP contribution is -2.45. The summed E-state index contributed by atoms with van der Waals surface area (Å²) in [5.41, 5.74) is -0.291. The normalized spacial score (nSPS) is 14.2. The first-order chi connectivity index (χ1) is 7.92. The first kappa shape index (κ1) is 13.4. The van der Waals surface area contributed by atoms with Gasteiger partial charge in [-0.2, -0.15) is 0 Å². The molecule has 0 saturated heterocycles. The molecule has 1 rings (SSSR count). The number of carbonyl (C=O) groups excluding carboxylic acids is 1. The molecule has 1 aromatic rings. The third-order valence-corrected chi connectivity index (χ3v) is 2.77. The predicted molar refractivity (Wildman–Crippen MR) is 66.7 cm³/mol. The van der Waals surface area contributed by atoms with Gasteiger partial charge in [-0.15, -0.1) is 0 Å². The van der Waals surface area contributed by atoms with Crippen molar-refractivity contribution in [2.75, 3.05) is 11.9 Å². The first-order valence-corrected chi connectivity index (χ1v) is 5.59. The molecule has 5 heteroatoms. The van der Waals surface area contributed by atoms with Crippen LogP contribution in [0, 0.1) is 5.92 Å². The zero-order valence-electron chi connectivity index (χ0n) is 10.4. The number of pyridine rings is 1. The molecule has 0 aliphatic carbocycles. The number of amides is 2. The second-order valence-corrected chi connectivity index (χ2v) is 4.56. The summed E-state index contributed by atoms with van der Waals surface area (Å²) in [7, 11) is 0. The summed E-state index contributed by atoms with van der Waals surface area (Å²) in [4.78, 5) is 15.4. The molecule has 17 heavy (non-hydrogen) atoms. The smallest absolute Gasteiger partial charge is 0.319 e. The minimum absolute atomic E-state index is 0.0705. The van der Waals surface area contributed by atoms with Crippen LogP contribution >= 0.6 is 0 Å². The van der Waals surface area contributed by atoms with Crippen molar-refractivity contribution in [2.45, 2.75) is 26.4 Å². The van der Waals surface area contributed by atoms with E-state index in [1.54, 1.807) is 31.5 Å². The number of nitrogens with one attached hydrogen (secondary N) is 2. The molecule has 0 spiro atoms. The Hall–Kier alpha value is -1.62. The predicted octanol–water partition coefficient (Wildman–Crippen LogP) is 1.61. The van der Waals surface area contributed by atoms with Crippen LogP contribution < -0.4 is 10.6 Å². The van der Waals surface area contributed by atoms with Crippen molar-refractivity contribution in [1.82, 2.24) is 10.3 Å². The van der Waals surface area contributed by atoms with Crippen molar-refractivity contribution in [2.24, 2.45) is 5.92 Å². The number of aliphatic hydroxyl groups is 1. The Balaban J connectivity index is 2.41. The van der Waals surface area contributed by atoms with Gasteiger partial charge < -0.3 is 15.7 Å². The van der Waals surface area contributed by atoms with E-state index in [2.05, 4.69) is 15.6 Å². The van der Waals surface area contributed by atoms with Gasteiger partial charge in [0, 0.05) is 12.7 Å². The van der Waals surface area contributed by atoms with Crippen LogP contribution in [0.25, 0.3) is 0 Å². The van der Waals surface area contributed by atoms with Crippen molar-refractivity contribution in [3.05, 3.63) is 24.5 Å². The standard InChI is InChI=1S/C12H19N3O2/c1-9(2)12(3,17)8-14-11(16)15-10-5-4-6-13-7-10/h4-7,9,17H,8H2,1-3H3,(H2,14,15,16)/t12-/m1/s1. The molecule has 1 aromatic heterocycles. The molecule has 0 unspecified atom stereocenters. The number of hydrogen-bond acceptors (Lipinski definition) is 3. The van der Waals surface area contributed by atoms with Crippen molar-refractivity contribution in [1.29, 1.82) is 0 Å². The highest BCUT2D eigenvalue weighted by atomic mass is 16.3. The molecule has 1 heterocycles. The number of urea groups is 1. The summed E-state index contributed by atoms with van der Waals surface area (Å²) in [6, 6.07) is 3.13. The molecule has 0 aliphatic rings. The van der Waals surface area contributed by atoms with E-state index in [1.165, 1.54) is 0 Å². The van der Waals surface area contributed by atoms with Crippen molar-refractivity contribution in [3.8, 4) is 0 Å². The molecule has 0 fully saturated rings. The Morgan fingerprint density at radius 2 is 2.29 bits per heavy atom. The third kappa shape index (κ3) is 4.40. The fourth-order valence-electron chi connectivity index (χ4n) is 1.08. The van der Waals surface area contributed by atoms with E-state index in [9.17, 15) is 9.90 Å². The van der Waals surface area contributed by atoms with Crippen LogP contribution in [0.15, 0.2) is 24.5 Å². The zero-order chi connectivity index (χ0) is 12.9. The van der Waals surface area contributed by atoms with Crippen LogP contribution in [0.2, 0.25) is 0 Å². The Labute approximate surface area is 101 Å². The lowest BCUT2D eigenvalue weighted by Gasteiger charge is -2.27. The molecule has 3 N–H and O–H groups in total. The zero-order valence-corrected chi connectivity index (χ0v) is 10.4. The Bertz CT molecular complexity index is 363. The molecule has 0 aliphatic heterocycles. The third-order valence-electron chi connectivity index (χ3n) is 2.77. The quantitative estimate of drug-likeness (QED) is 0.744. The maximum absolute atomic E-state index is 11.5. The number of anilines is 1. The van der Waals surface area contributed by atoms with Crippen LogP contribution in [-0.2, 0) is 0 Å². The Morgan fingerprint density at radius 1 is 1.59 bits per heavy atom. The number of aromatic nitrogens is 1. The van der Waals surface area contributed by atoms with Gasteiger partial charge in [-0.25, -0.2) is 4.79 Å². The van der Waals surface area contributed by atoms with Gasteiger partial charge in [0.05, 0.1) is 17.5 Å². The van der Waals surface area contributed by atoms with Crippen molar-refractivity contribution < 1.29 is 9.90 Å². The van der Waals surface area contributed by atoms with Gasteiger partial charge in [0.2, 0.25) is 0 Å². The molecule has 0 aromatic carbocycles. The minimum atomic E-state index is -0.910. The van der Waals surface area contributed by atoms with Crippen LogP contribution in [-0.4, -0.2) is 28.3 Å².